The molecule has 0 unspecified atom stereocenters. The van der Waals surface area contributed by atoms with Crippen molar-refractivity contribution < 1.29 is 9.53 Å². The highest BCUT2D eigenvalue weighted by molar-refractivity contribution is 6.06. The summed E-state index contributed by atoms with van der Waals surface area (Å²) in [4.78, 5) is 26.6. The summed E-state index contributed by atoms with van der Waals surface area (Å²) in [6, 6.07) is 13.2. The Morgan fingerprint density at radius 3 is 2.64 bits per heavy atom. The van der Waals surface area contributed by atoms with E-state index in [1.165, 1.54) is 11.2 Å². The minimum absolute atomic E-state index is 0.281. The van der Waals surface area contributed by atoms with Gasteiger partial charge in [0, 0.05) is 48.8 Å². The van der Waals surface area contributed by atoms with Crippen LogP contribution in [0.3, 0.4) is 0 Å². The zero-order chi connectivity index (χ0) is 25.7. The summed E-state index contributed by atoms with van der Waals surface area (Å²) in [5.74, 6) is 7.33. The molecule has 1 amide bonds. The molecule has 0 radical (unpaired) electrons. The number of hydrogen-bond acceptors (Lipinski definition) is 7. The van der Waals surface area contributed by atoms with Crippen LogP contribution in [0.25, 0.3) is 10.9 Å². The van der Waals surface area contributed by atoms with Crippen LogP contribution in [0.15, 0.2) is 85.2 Å². The summed E-state index contributed by atoms with van der Waals surface area (Å²) in [5.41, 5.74) is 3.16. The van der Waals surface area contributed by atoms with Crippen LogP contribution < -0.4 is 15.0 Å². The first-order valence-corrected chi connectivity index (χ1v) is 11.3. The van der Waals surface area contributed by atoms with Crippen LogP contribution >= 0.6 is 0 Å². The van der Waals surface area contributed by atoms with Gasteiger partial charge in [-0.25, -0.2) is 9.97 Å². The Bertz CT molecular complexity index is 1410. The lowest BCUT2D eigenvalue weighted by molar-refractivity contribution is -0.113. The third-order valence-corrected chi connectivity index (χ3v) is 5.48. The van der Waals surface area contributed by atoms with Gasteiger partial charge in [-0.15, -0.1) is 0 Å². The zero-order valence-electron chi connectivity index (χ0n) is 20.8. The van der Waals surface area contributed by atoms with Gasteiger partial charge in [0.2, 0.25) is 0 Å². The molecule has 0 saturated heterocycles. The molecule has 36 heavy (non-hydrogen) atoms. The number of hydrogen-bond donors (Lipinski definition) is 1. The second kappa shape index (κ2) is 10.8. The van der Waals surface area contributed by atoms with E-state index in [1.54, 1.807) is 7.05 Å². The summed E-state index contributed by atoms with van der Waals surface area (Å²) in [5, 5.41) is 4.13. The third-order valence-electron chi connectivity index (χ3n) is 5.48. The van der Waals surface area contributed by atoms with Crippen LogP contribution in [-0.4, -0.2) is 60.4 Å². The summed E-state index contributed by atoms with van der Waals surface area (Å²) in [6.07, 6.45) is 7.19. The molecule has 8 heteroatoms. The smallest absolute Gasteiger partial charge is 0.302 e. The van der Waals surface area contributed by atoms with Gasteiger partial charge in [-0.2, -0.15) is 0 Å². The lowest BCUT2D eigenvalue weighted by Crippen LogP contribution is -2.24. The number of anilines is 3. The number of carbonyl (C=O) groups excluding carboxylic acids is 1. The quantitative estimate of drug-likeness (QED) is 0.532. The molecule has 182 valence electrons. The van der Waals surface area contributed by atoms with E-state index in [1.807, 2.05) is 91.8 Å². The van der Waals surface area contributed by atoms with Crippen LogP contribution in [0.5, 0.6) is 5.75 Å². The number of rotatable bonds is 6. The Morgan fingerprint density at radius 1 is 1.14 bits per heavy atom. The Kier molecular flexibility index (Phi) is 7.33. The number of ether oxygens (including phenoxy) is 1. The molecule has 3 aromatic rings. The highest BCUT2D eigenvalue weighted by Crippen LogP contribution is 2.28. The normalized spacial score (nSPS) is 12.8. The number of allylic oxidation sites excluding steroid dienone is 2. The van der Waals surface area contributed by atoms with Crippen molar-refractivity contribution in [3.63, 3.8) is 0 Å². The Hall–Kier alpha value is -4.61. The Morgan fingerprint density at radius 2 is 1.92 bits per heavy atom. The van der Waals surface area contributed by atoms with E-state index in [0.29, 0.717) is 23.8 Å². The van der Waals surface area contributed by atoms with Crippen molar-refractivity contribution in [2.75, 3.05) is 45.0 Å². The largest absolute Gasteiger partial charge is 0.457 e. The van der Waals surface area contributed by atoms with Gasteiger partial charge in [-0.05, 0) is 68.6 Å². The van der Waals surface area contributed by atoms with E-state index in [2.05, 4.69) is 33.7 Å². The third kappa shape index (κ3) is 5.90. The average Bonchev–Trinajstić information content (AvgIpc) is 2.86. The molecule has 1 aliphatic rings. The molecular formula is C28H28N6O2. The van der Waals surface area contributed by atoms with Gasteiger partial charge in [0.05, 0.1) is 12.1 Å². The van der Waals surface area contributed by atoms with E-state index in [0.717, 1.165) is 28.0 Å². The lowest BCUT2D eigenvalue weighted by atomic mass is 10.2. The Balaban J connectivity index is 1.51. The topological polar surface area (TPSA) is 73.8 Å². The number of amides is 1. The average molecular weight is 481 g/mol. The molecule has 1 aromatic heterocycles. The summed E-state index contributed by atoms with van der Waals surface area (Å²) in [6.45, 7) is 4.50. The summed E-state index contributed by atoms with van der Waals surface area (Å²) in [7, 11) is 7.45. The predicted molar refractivity (Wildman–Crippen MR) is 144 cm³/mol. The van der Waals surface area contributed by atoms with Gasteiger partial charge in [0.25, 0.3) is 0 Å². The maximum atomic E-state index is 12.5. The van der Waals surface area contributed by atoms with E-state index in [9.17, 15) is 4.79 Å². The highest BCUT2D eigenvalue weighted by Gasteiger charge is 2.12. The number of benzene rings is 2. The zero-order valence-corrected chi connectivity index (χ0v) is 20.8. The van der Waals surface area contributed by atoms with Crippen molar-refractivity contribution in [2.45, 2.75) is 0 Å². The molecule has 0 fully saturated rings. The lowest BCUT2D eigenvalue weighted by Gasteiger charge is -2.19. The van der Waals surface area contributed by atoms with Gasteiger partial charge in [-0.3, -0.25) is 9.69 Å². The van der Waals surface area contributed by atoms with Gasteiger partial charge in [0.1, 0.15) is 23.7 Å². The molecule has 8 nitrogen and oxygen atoms in total. The molecule has 2 aromatic carbocycles. The van der Waals surface area contributed by atoms with E-state index in [4.69, 9.17) is 4.74 Å². The number of likely N-dealkylation sites (N-methyl/N-ethyl adjacent to an activating group) is 1. The van der Waals surface area contributed by atoms with Gasteiger partial charge in [-0.1, -0.05) is 12.5 Å². The van der Waals surface area contributed by atoms with Crippen LogP contribution in [-0.2, 0) is 4.79 Å². The number of carbonyl (C=O) groups is 1. The van der Waals surface area contributed by atoms with E-state index in [-0.39, 0.29) is 5.91 Å². The molecule has 0 atom stereocenters. The minimum atomic E-state index is -0.281. The van der Waals surface area contributed by atoms with Crippen molar-refractivity contribution in [1.29, 1.82) is 0 Å². The van der Waals surface area contributed by atoms with Crippen molar-refractivity contribution >= 4 is 34.0 Å². The summed E-state index contributed by atoms with van der Waals surface area (Å²) < 4.78 is 5.94. The highest BCUT2D eigenvalue weighted by atomic mass is 16.5. The molecule has 1 aliphatic heterocycles. The predicted octanol–water partition coefficient (Wildman–Crippen LogP) is 4.14. The standard InChI is InChI=1S/C28H28N6O2/c1-20-17-24(14-16-33(20)4)36-23-11-8-21(9-12-23)31-28-25-18-22(10-13-26(25)29-19-30-28)34(5)27(35)7-6-15-32(2)3/h8-14,16-19H,1,15H2,2-5H3,(H,29,30,31). The molecule has 2 heterocycles. The fourth-order valence-electron chi connectivity index (χ4n) is 3.36. The van der Waals surface area contributed by atoms with E-state index >= 15 is 0 Å². The number of aromatic nitrogens is 2. The molecule has 4 rings (SSSR count). The van der Waals surface area contributed by atoms with Gasteiger partial charge in [0.15, 0.2) is 0 Å². The number of nitrogens with one attached hydrogen (secondary N) is 1. The maximum absolute atomic E-state index is 12.5. The van der Waals surface area contributed by atoms with Crippen molar-refractivity contribution in [3.05, 3.63) is 85.2 Å². The molecule has 0 spiro atoms. The first-order valence-electron chi connectivity index (χ1n) is 11.3. The second-order valence-electron chi connectivity index (χ2n) is 8.54. The molecule has 0 saturated carbocycles. The van der Waals surface area contributed by atoms with Crippen LogP contribution in [0.4, 0.5) is 17.2 Å². The van der Waals surface area contributed by atoms with E-state index < -0.39 is 0 Å². The molecular weight excluding hydrogens is 452 g/mol. The Labute approximate surface area is 211 Å². The number of fused-ring (bicyclic) bond motifs is 1. The molecule has 0 aliphatic carbocycles. The minimum Gasteiger partial charge on any atom is -0.457 e. The molecule has 1 N–H and O–H groups in total. The first kappa shape index (κ1) is 24.5. The SMILES string of the molecule is C=C1C=C(Oc2ccc(Nc3ncnc4ccc(N(C)C(=O)C#CCN(C)C)cc34)cc2)C=CN1C. The second-order valence-corrected chi connectivity index (χ2v) is 8.54. The van der Waals surface area contributed by atoms with Crippen LogP contribution in [0.2, 0.25) is 0 Å². The van der Waals surface area contributed by atoms with Gasteiger partial charge >= 0.3 is 5.91 Å². The van der Waals surface area contributed by atoms with Crippen molar-refractivity contribution in [2.24, 2.45) is 0 Å². The van der Waals surface area contributed by atoms with Crippen molar-refractivity contribution in [3.8, 4) is 17.6 Å². The maximum Gasteiger partial charge on any atom is 0.302 e. The number of nitrogens with zero attached hydrogens (tertiary/aromatic N) is 5. The fraction of sp³-hybridized carbons (Fsp3) is 0.179. The van der Waals surface area contributed by atoms with Gasteiger partial charge < -0.3 is 19.9 Å². The van der Waals surface area contributed by atoms with Crippen LogP contribution in [0.1, 0.15) is 0 Å². The monoisotopic (exact) mass is 480 g/mol. The molecule has 0 bridgehead atoms. The summed E-state index contributed by atoms with van der Waals surface area (Å²) >= 11 is 0. The fourth-order valence-corrected chi connectivity index (χ4v) is 3.36. The van der Waals surface area contributed by atoms with Crippen molar-refractivity contribution in [1.82, 2.24) is 19.8 Å². The first-order chi connectivity index (χ1) is 17.3. The van der Waals surface area contributed by atoms with Crippen LogP contribution in [0, 0.1) is 11.8 Å².